The maximum absolute atomic E-state index is 12.8. The molecule has 0 atom stereocenters. The molecule has 1 aliphatic heterocycles. The maximum Gasteiger partial charge on any atom is 0.243 e. The van der Waals surface area contributed by atoms with Gasteiger partial charge in [-0.3, -0.25) is 0 Å². The van der Waals surface area contributed by atoms with E-state index in [0.29, 0.717) is 40.9 Å². The zero-order valence-corrected chi connectivity index (χ0v) is 15.0. The van der Waals surface area contributed by atoms with Gasteiger partial charge in [-0.15, -0.1) is 0 Å². The maximum atomic E-state index is 12.8. The van der Waals surface area contributed by atoms with Gasteiger partial charge in [0.1, 0.15) is 0 Å². The van der Waals surface area contributed by atoms with Gasteiger partial charge in [0.2, 0.25) is 10.0 Å². The summed E-state index contributed by atoms with van der Waals surface area (Å²) in [6.07, 6.45) is 1.11. The molecule has 6 heteroatoms. The smallest absolute Gasteiger partial charge is 0.207 e. The number of rotatable bonds is 2. The molecule has 1 aliphatic rings. The summed E-state index contributed by atoms with van der Waals surface area (Å²) in [5, 5.41) is 1.36. The van der Waals surface area contributed by atoms with Crippen molar-refractivity contribution in [1.29, 1.82) is 0 Å². The van der Waals surface area contributed by atoms with Crippen molar-refractivity contribution in [2.24, 2.45) is 0 Å². The van der Waals surface area contributed by atoms with Crippen LogP contribution in [0.5, 0.6) is 0 Å². The fourth-order valence-electron chi connectivity index (χ4n) is 2.77. The van der Waals surface area contributed by atoms with Gasteiger partial charge in [-0.25, -0.2) is 8.42 Å². The second-order valence-electron chi connectivity index (χ2n) is 5.76. The third-order valence-electron chi connectivity index (χ3n) is 4.11. The fraction of sp³-hybridized carbons (Fsp3) is 0.294. The summed E-state index contributed by atoms with van der Waals surface area (Å²) in [6, 6.07) is 10.6. The molecule has 2 aromatic carbocycles. The van der Waals surface area contributed by atoms with Crippen LogP contribution in [-0.2, 0) is 22.9 Å². The molecule has 2 aromatic rings. The zero-order chi connectivity index (χ0) is 16.6. The molecule has 0 aromatic heterocycles. The standard InChI is InChI=1S/C17H17Cl2NO2S/c1-12-2-4-16(5-3-12)23(21,22)20-8-6-13-10-15(18)11-14(7-9-20)17(13)19/h2-5,10-11H,6-9H2,1H3. The molecule has 0 saturated carbocycles. The Hall–Kier alpha value is -1.07. The molecule has 2 bridgehead atoms. The summed E-state index contributed by atoms with van der Waals surface area (Å²) in [4.78, 5) is 0.330. The van der Waals surface area contributed by atoms with E-state index in [0.717, 1.165) is 16.7 Å². The van der Waals surface area contributed by atoms with Gasteiger partial charge in [-0.05, 0) is 55.2 Å². The highest BCUT2D eigenvalue weighted by atomic mass is 35.5. The van der Waals surface area contributed by atoms with Crippen LogP contribution in [0, 0.1) is 6.92 Å². The Morgan fingerprint density at radius 1 is 0.957 bits per heavy atom. The van der Waals surface area contributed by atoms with E-state index >= 15 is 0 Å². The first-order chi connectivity index (χ1) is 10.9. The molecule has 0 aliphatic carbocycles. The monoisotopic (exact) mass is 369 g/mol. The van der Waals surface area contributed by atoms with Gasteiger partial charge in [-0.1, -0.05) is 40.9 Å². The topological polar surface area (TPSA) is 37.4 Å². The molecule has 0 spiro atoms. The van der Waals surface area contributed by atoms with Crippen LogP contribution in [0.25, 0.3) is 0 Å². The van der Waals surface area contributed by atoms with Crippen LogP contribution in [0.4, 0.5) is 0 Å². The van der Waals surface area contributed by atoms with Crippen LogP contribution in [-0.4, -0.2) is 25.8 Å². The highest BCUT2D eigenvalue weighted by molar-refractivity contribution is 7.89. The molecule has 3 nitrogen and oxygen atoms in total. The SMILES string of the molecule is Cc1ccc(S(=O)(=O)N2CCc3cc(Cl)cc(c3Cl)CC2)cc1. The predicted molar refractivity (Wildman–Crippen MR) is 93.8 cm³/mol. The average Bonchev–Trinajstić information content (AvgIpc) is 2.50. The number of fused-ring (bicyclic) bond motifs is 2. The van der Waals surface area contributed by atoms with Crippen molar-refractivity contribution in [3.05, 3.63) is 63.1 Å². The van der Waals surface area contributed by atoms with Gasteiger partial charge >= 0.3 is 0 Å². The number of hydrogen-bond acceptors (Lipinski definition) is 2. The minimum Gasteiger partial charge on any atom is -0.207 e. The van der Waals surface area contributed by atoms with Crippen molar-refractivity contribution in [2.45, 2.75) is 24.7 Å². The lowest BCUT2D eigenvalue weighted by Gasteiger charge is -2.25. The summed E-state index contributed by atoms with van der Waals surface area (Å²) in [5.74, 6) is 0. The van der Waals surface area contributed by atoms with E-state index in [-0.39, 0.29) is 0 Å². The minimum atomic E-state index is -3.49. The molecule has 0 unspecified atom stereocenters. The number of benzene rings is 2. The van der Waals surface area contributed by atoms with E-state index in [4.69, 9.17) is 23.2 Å². The molecule has 0 fully saturated rings. The number of nitrogens with zero attached hydrogens (tertiary/aromatic N) is 1. The van der Waals surface area contributed by atoms with E-state index in [1.807, 2.05) is 31.2 Å². The van der Waals surface area contributed by atoms with Crippen LogP contribution >= 0.6 is 23.2 Å². The Bertz CT molecular complexity index is 803. The van der Waals surface area contributed by atoms with Gasteiger partial charge in [0.15, 0.2) is 0 Å². The van der Waals surface area contributed by atoms with Crippen molar-refractivity contribution >= 4 is 33.2 Å². The van der Waals surface area contributed by atoms with Gasteiger partial charge in [0.25, 0.3) is 0 Å². The lowest BCUT2D eigenvalue weighted by molar-refractivity contribution is 0.414. The molecule has 1 heterocycles. The fourth-order valence-corrected chi connectivity index (χ4v) is 4.78. The lowest BCUT2D eigenvalue weighted by Crippen LogP contribution is -2.35. The van der Waals surface area contributed by atoms with Gasteiger partial charge in [-0.2, -0.15) is 4.31 Å². The number of sulfonamides is 1. The molecular weight excluding hydrogens is 353 g/mol. The van der Waals surface area contributed by atoms with E-state index < -0.39 is 10.0 Å². The zero-order valence-electron chi connectivity index (χ0n) is 12.7. The summed E-state index contributed by atoms with van der Waals surface area (Å²) in [5.41, 5.74) is 2.84. The lowest BCUT2D eigenvalue weighted by atomic mass is 10.0. The highest BCUT2D eigenvalue weighted by Gasteiger charge is 2.26. The van der Waals surface area contributed by atoms with Gasteiger partial charge < -0.3 is 0 Å². The van der Waals surface area contributed by atoms with Crippen molar-refractivity contribution in [2.75, 3.05) is 13.1 Å². The Kier molecular flexibility index (Phi) is 4.70. The molecule has 3 rings (SSSR count). The third kappa shape index (κ3) is 3.41. The first kappa shape index (κ1) is 16.8. The molecule has 122 valence electrons. The molecule has 0 N–H and O–H groups in total. The van der Waals surface area contributed by atoms with E-state index in [1.165, 1.54) is 4.31 Å². The average molecular weight is 370 g/mol. The van der Waals surface area contributed by atoms with Crippen molar-refractivity contribution in [3.8, 4) is 0 Å². The largest absolute Gasteiger partial charge is 0.243 e. The number of hydrogen-bond donors (Lipinski definition) is 0. The number of aryl methyl sites for hydroxylation is 1. The Balaban J connectivity index is 1.91. The normalized spacial score (nSPS) is 16.0. The van der Waals surface area contributed by atoms with Gasteiger partial charge in [0, 0.05) is 23.1 Å². The van der Waals surface area contributed by atoms with E-state index in [9.17, 15) is 8.42 Å². The molecule has 23 heavy (non-hydrogen) atoms. The predicted octanol–water partition coefficient (Wildman–Crippen LogP) is 4.09. The minimum absolute atomic E-state index is 0.330. The van der Waals surface area contributed by atoms with Crippen LogP contribution in [0.3, 0.4) is 0 Å². The Morgan fingerprint density at radius 2 is 1.48 bits per heavy atom. The molecule has 0 radical (unpaired) electrons. The van der Waals surface area contributed by atoms with Crippen LogP contribution < -0.4 is 0 Å². The Morgan fingerprint density at radius 3 is 2.00 bits per heavy atom. The van der Waals surface area contributed by atoms with E-state index in [2.05, 4.69) is 0 Å². The third-order valence-corrected chi connectivity index (χ3v) is 6.72. The summed E-state index contributed by atoms with van der Waals surface area (Å²) in [7, 11) is -3.49. The van der Waals surface area contributed by atoms with Crippen LogP contribution in [0.1, 0.15) is 16.7 Å². The Labute approximate surface area is 146 Å². The number of halogens is 2. The van der Waals surface area contributed by atoms with Crippen molar-refractivity contribution < 1.29 is 8.42 Å². The molecule has 0 amide bonds. The molecule has 0 saturated heterocycles. The first-order valence-corrected chi connectivity index (χ1v) is 9.61. The second-order valence-corrected chi connectivity index (χ2v) is 8.51. The highest BCUT2D eigenvalue weighted by Crippen LogP contribution is 2.30. The first-order valence-electron chi connectivity index (χ1n) is 7.41. The van der Waals surface area contributed by atoms with E-state index in [1.54, 1.807) is 12.1 Å². The summed E-state index contributed by atoms with van der Waals surface area (Å²) < 4.78 is 27.2. The van der Waals surface area contributed by atoms with Crippen LogP contribution in [0.2, 0.25) is 10.0 Å². The summed E-state index contributed by atoms with van der Waals surface area (Å²) >= 11 is 12.5. The summed E-state index contributed by atoms with van der Waals surface area (Å²) in [6.45, 7) is 2.73. The second kappa shape index (κ2) is 6.44. The van der Waals surface area contributed by atoms with Crippen molar-refractivity contribution in [3.63, 3.8) is 0 Å². The van der Waals surface area contributed by atoms with Crippen molar-refractivity contribution in [1.82, 2.24) is 4.31 Å². The molecular formula is C17H17Cl2NO2S. The van der Waals surface area contributed by atoms with Gasteiger partial charge in [0.05, 0.1) is 4.90 Å². The quantitative estimate of drug-likeness (QED) is 0.799. The van der Waals surface area contributed by atoms with Crippen LogP contribution in [0.15, 0.2) is 41.3 Å².